The molecule has 0 aliphatic rings. The molecular formula is C16H18FNO. The summed E-state index contributed by atoms with van der Waals surface area (Å²) in [6, 6.07) is 12.6. The van der Waals surface area contributed by atoms with Crippen LogP contribution in [-0.2, 0) is 0 Å². The van der Waals surface area contributed by atoms with Crippen LogP contribution in [0.1, 0.15) is 24.1 Å². The van der Waals surface area contributed by atoms with E-state index >= 15 is 0 Å². The molecule has 0 amide bonds. The van der Waals surface area contributed by atoms with Gasteiger partial charge in [0.1, 0.15) is 11.6 Å². The molecule has 0 heterocycles. The van der Waals surface area contributed by atoms with E-state index in [1.54, 1.807) is 19.2 Å². The molecule has 0 saturated carbocycles. The molecule has 0 bridgehead atoms. The molecule has 19 heavy (non-hydrogen) atoms. The number of methoxy groups -OCH3 is 1. The number of halogens is 1. The van der Waals surface area contributed by atoms with Crippen LogP contribution in [0.3, 0.4) is 0 Å². The fraction of sp³-hybridized carbons (Fsp3) is 0.250. The van der Waals surface area contributed by atoms with Gasteiger partial charge in [-0.2, -0.15) is 0 Å². The highest BCUT2D eigenvalue weighted by Crippen LogP contribution is 2.29. The summed E-state index contributed by atoms with van der Waals surface area (Å²) in [5, 5.41) is 3.17. The Morgan fingerprint density at radius 3 is 2.58 bits per heavy atom. The van der Waals surface area contributed by atoms with Gasteiger partial charge in [0.2, 0.25) is 0 Å². The molecule has 0 saturated heterocycles. The van der Waals surface area contributed by atoms with Crippen LogP contribution in [-0.4, -0.2) is 7.11 Å². The lowest BCUT2D eigenvalue weighted by Crippen LogP contribution is -2.09. The number of rotatable bonds is 4. The van der Waals surface area contributed by atoms with E-state index in [1.807, 2.05) is 38.1 Å². The summed E-state index contributed by atoms with van der Waals surface area (Å²) in [4.78, 5) is 0. The van der Waals surface area contributed by atoms with E-state index in [-0.39, 0.29) is 11.9 Å². The number of ether oxygens (including phenoxy) is 1. The van der Waals surface area contributed by atoms with Crippen molar-refractivity contribution in [2.24, 2.45) is 0 Å². The SMILES string of the molecule is COc1cc(C)ccc1C(C)Nc1ccccc1F. The number of benzene rings is 2. The summed E-state index contributed by atoms with van der Waals surface area (Å²) in [6.07, 6.45) is 0. The highest BCUT2D eigenvalue weighted by molar-refractivity contribution is 5.49. The quantitative estimate of drug-likeness (QED) is 0.883. The van der Waals surface area contributed by atoms with Crippen molar-refractivity contribution >= 4 is 5.69 Å². The summed E-state index contributed by atoms with van der Waals surface area (Å²) >= 11 is 0. The minimum Gasteiger partial charge on any atom is -0.496 e. The maximum absolute atomic E-state index is 13.6. The Morgan fingerprint density at radius 1 is 1.16 bits per heavy atom. The van der Waals surface area contributed by atoms with Crippen LogP contribution in [0.15, 0.2) is 42.5 Å². The van der Waals surface area contributed by atoms with Crippen molar-refractivity contribution in [2.75, 3.05) is 12.4 Å². The van der Waals surface area contributed by atoms with Gasteiger partial charge in [-0.15, -0.1) is 0 Å². The number of hydrogen-bond donors (Lipinski definition) is 1. The third-order valence-corrected chi connectivity index (χ3v) is 3.10. The van der Waals surface area contributed by atoms with Crippen LogP contribution >= 0.6 is 0 Å². The van der Waals surface area contributed by atoms with E-state index in [4.69, 9.17) is 4.74 Å². The Balaban J connectivity index is 2.25. The van der Waals surface area contributed by atoms with Crippen molar-refractivity contribution in [1.82, 2.24) is 0 Å². The highest BCUT2D eigenvalue weighted by Gasteiger charge is 2.12. The molecule has 1 unspecified atom stereocenters. The van der Waals surface area contributed by atoms with E-state index in [9.17, 15) is 4.39 Å². The molecule has 1 N–H and O–H groups in total. The number of anilines is 1. The van der Waals surface area contributed by atoms with Gasteiger partial charge in [-0.25, -0.2) is 4.39 Å². The van der Waals surface area contributed by atoms with Crippen LogP contribution in [0.5, 0.6) is 5.75 Å². The third-order valence-electron chi connectivity index (χ3n) is 3.10. The van der Waals surface area contributed by atoms with Crippen molar-refractivity contribution in [1.29, 1.82) is 0 Å². The standard InChI is InChI=1S/C16H18FNO/c1-11-8-9-13(16(10-11)19-3)12(2)18-15-7-5-4-6-14(15)17/h4-10,12,18H,1-3H3. The van der Waals surface area contributed by atoms with Crippen molar-refractivity contribution in [3.05, 3.63) is 59.4 Å². The number of aryl methyl sites for hydroxylation is 1. The smallest absolute Gasteiger partial charge is 0.146 e. The normalized spacial score (nSPS) is 12.0. The molecule has 100 valence electrons. The van der Waals surface area contributed by atoms with Gasteiger partial charge in [0.25, 0.3) is 0 Å². The van der Waals surface area contributed by atoms with Crippen molar-refractivity contribution in [3.8, 4) is 5.75 Å². The average molecular weight is 259 g/mol. The Hall–Kier alpha value is -2.03. The van der Waals surface area contributed by atoms with Crippen LogP contribution in [0.2, 0.25) is 0 Å². The molecule has 2 aromatic rings. The Labute approximate surface area is 113 Å². The van der Waals surface area contributed by atoms with Crippen LogP contribution < -0.4 is 10.1 Å². The molecule has 3 heteroatoms. The summed E-state index contributed by atoms with van der Waals surface area (Å²) in [5.74, 6) is 0.566. The van der Waals surface area contributed by atoms with E-state index in [0.717, 1.165) is 16.9 Å². The topological polar surface area (TPSA) is 21.3 Å². The van der Waals surface area contributed by atoms with E-state index in [0.29, 0.717) is 5.69 Å². The van der Waals surface area contributed by atoms with Crippen LogP contribution in [0, 0.1) is 12.7 Å². The predicted molar refractivity (Wildman–Crippen MR) is 76.2 cm³/mol. The first-order valence-corrected chi connectivity index (χ1v) is 6.27. The van der Waals surface area contributed by atoms with Crippen molar-refractivity contribution < 1.29 is 9.13 Å². The molecule has 0 aromatic heterocycles. The first-order chi connectivity index (χ1) is 9.11. The first kappa shape index (κ1) is 13.4. The van der Waals surface area contributed by atoms with Crippen LogP contribution in [0.25, 0.3) is 0 Å². The highest BCUT2D eigenvalue weighted by atomic mass is 19.1. The molecule has 2 rings (SSSR count). The van der Waals surface area contributed by atoms with Gasteiger partial charge < -0.3 is 10.1 Å². The summed E-state index contributed by atoms with van der Waals surface area (Å²) in [7, 11) is 1.65. The van der Waals surface area contributed by atoms with E-state index in [2.05, 4.69) is 5.32 Å². The first-order valence-electron chi connectivity index (χ1n) is 6.27. The molecule has 2 aromatic carbocycles. The second-order valence-corrected chi connectivity index (χ2v) is 4.59. The zero-order chi connectivity index (χ0) is 13.8. The lowest BCUT2D eigenvalue weighted by Gasteiger charge is -2.19. The number of para-hydroxylation sites is 1. The van der Waals surface area contributed by atoms with Gasteiger partial charge in [0, 0.05) is 5.56 Å². The fourth-order valence-corrected chi connectivity index (χ4v) is 2.07. The maximum Gasteiger partial charge on any atom is 0.146 e. The Kier molecular flexibility index (Phi) is 4.05. The third kappa shape index (κ3) is 3.05. The number of nitrogens with one attached hydrogen (secondary N) is 1. The maximum atomic E-state index is 13.6. The largest absolute Gasteiger partial charge is 0.496 e. The molecule has 2 nitrogen and oxygen atoms in total. The van der Waals surface area contributed by atoms with Gasteiger partial charge in [-0.1, -0.05) is 24.3 Å². The molecule has 0 aliphatic heterocycles. The molecule has 0 aliphatic carbocycles. The second-order valence-electron chi connectivity index (χ2n) is 4.59. The molecule has 0 radical (unpaired) electrons. The van der Waals surface area contributed by atoms with Gasteiger partial charge >= 0.3 is 0 Å². The second kappa shape index (κ2) is 5.74. The predicted octanol–water partition coefficient (Wildman–Crippen LogP) is 4.32. The van der Waals surface area contributed by atoms with Crippen LogP contribution in [0.4, 0.5) is 10.1 Å². The minimum absolute atomic E-state index is 0.0348. The van der Waals surface area contributed by atoms with Gasteiger partial charge in [0.05, 0.1) is 18.8 Å². The summed E-state index contributed by atoms with van der Waals surface area (Å²) in [5.41, 5.74) is 2.65. The Morgan fingerprint density at radius 2 is 1.89 bits per heavy atom. The van der Waals surface area contributed by atoms with Crippen molar-refractivity contribution in [3.63, 3.8) is 0 Å². The fourth-order valence-electron chi connectivity index (χ4n) is 2.07. The zero-order valence-corrected chi connectivity index (χ0v) is 11.4. The van der Waals surface area contributed by atoms with Gasteiger partial charge in [-0.05, 0) is 37.6 Å². The molecule has 0 spiro atoms. The lowest BCUT2D eigenvalue weighted by molar-refractivity contribution is 0.407. The number of hydrogen-bond acceptors (Lipinski definition) is 2. The molecule has 1 atom stereocenters. The van der Waals surface area contributed by atoms with Crippen molar-refractivity contribution in [2.45, 2.75) is 19.9 Å². The lowest BCUT2D eigenvalue weighted by atomic mass is 10.0. The van der Waals surface area contributed by atoms with E-state index in [1.165, 1.54) is 6.07 Å². The monoisotopic (exact) mass is 259 g/mol. The summed E-state index contributed by atoms with van der Waals surface area (Å²) in [6.45, 7) is 4.00. The molecule has 0 fully saturated rings. The Bertz CT molecular complexity index is 568. The zero-order valence-electron chi connectivity index (χ0n) is 11.4. The van der Waals surface area contributed by atoms with E-state index < -0.39 is 0 Å². The minimum atomic E-state index is -0.250. The average Bonchev–Trinajstić information content (AvgIpc) is 2.41. The van der Waals surface area contributed by atoms with Gasteiger partial charge in [0.15, 0.2) is 0 Å². The summed E-state index contributed by atoms with van der Waals surface area (Å²) < 4.78 is 19.0. The molecular weight excluding hydrogens is 241 g/mol. The van der Waals surface area contributed by atoms with Gasteiger partial charge in [-0.3, -0.25) is 0 Å².